The van der Waals surface area contributed by atoms with Crippen LogP contribution < -0.4 is 0 Å². The average molecular weight is 155 g/mol. The Morgan fingerprint density at radius 1 is 0.909 bits per heavy atom. The normalized spacial score (nSPS) is 13.6. The minimum atomic E-state index is 0.389. The second-order valence-electron chi connectivity index (χ2n) is 4.58. The second kappa shape index (κ2) is 3.60. The molecule has 0 saturated heterocycles. The number of rotatable bonds is 3. The fourth-order valence-corrected chi connectivity index (χ4v) is 1.80. The van der Waals surface area contributed by atoms with E-state index in [-0.39, 0.29) is 0 Å². The largest absolute Gasteiger partial charge is 0.0622 e. The first-order valence-electron chi connectivity index (χ1n) is 4.66. The van der Waals surface area contributed by atoms with Crippen LogP contribution in [0.2, 0.25) is 0 Å². The Labute approximate surface area is 72.4 Å². The van der Waals surface area contributed by atoms with Crippen LogP contribution in [-0.4, -0.2) is 0 Å². The van der Waals surface area contributed by atoms with Crippen LogP contribution in [0, 0.1) is 30.1 Å². The van der Waals surface area contributed by atoms with Crippen LogP contribution in [0.3, 0.4) is 0 Å². The van der Waals surface area contributed by atoms with Gasteiger partial charge in [-0.1, -0.05) is 41.5 Å². The van der Waals surface area contributed by atoms with Gasteiger partial charge >= 0.3 is 0 Å². The molecule has 1 radical (unpaired) electrons. The molecular formula is C11H23. The molecule has 0 spiro atoms. The van der Waals surface area contributed by atoms with Gasteiger partial charge in [-0.15, -0.1) is 0 Å². The Balaban J connectivity index is 4.53. The van der Waals surface area contributed by atoms with E-state index in [4.69, 9.17) is 0 Å². The summed E-state index contributed by atoms with van der Waals surface area (Å²) < 4.78 is 0. The van der Waals surface area contributed by atoms with Gasteiger partial charge in [0, 0.05) is 0 Å². The fraction of sp³-hybridized carbons (Fsp3) is 0.909. The molecule has 11 heavy (non-hydrogen) atoms. The zero-order chi connectivity index (χ0) is 9.23. The second-order valence-corrected chi connectivity index (χ2v) is 4.58. The summed E-state index contributed by atoms with van der Waals surface area (Å²) in [4.78, 5) is 0. The molecule has 0 aliphatic carbocycles. The average Bonchev–Trinajstić information content (AvgIpc) is 1.84. The molecule has 0 aliphatic rings. The Kier molecular flexibility index (Phi) is 3.60. The summed E-state index contributed by atoms with van der Waals surface area (Å²) in [6, 6.07) is 0. The van der Waals surface area contributed by atoms with Crippen molar-refractivity contribution in [2.24, 2.45) is 23.2 Å². The van der Waals surface area contributed by atoms with Gasteiger partial charge < -0.3 is 0 Å². The third kappa shape index (κ3) is 1.98. The predicted molar refractivity (Wildman–Crippen MR) is 52.3 cm³/mol. The molecular weight excluding hydrogens is 132 g/mol. The van der Waals surface area contributed by atoms with Crippen LogP contribution in [0.4, 0.5) is 0 Å². The van der Waals surface area contributed by atoms with E-state index in [9.17, 15) is 0 Å². The molecule has 0 amide bonds. The van der Waals surface area contributed by atoms with E-state index in [1.54, 1.807) is 0 Å². The maximum Gasteiger partial charge on any atom is -0.0254 e. The van der Waals surface area contributed by atoms with Gasteiger partial charge in [0.05, 0.1) is 0 Å². The molecule has 0 aromatic rings. The molecule has 0 saturated carbocycles. The summed E-state index contributed by atoms with van der Waals surface area (Å²) in [7, 11) is 0. The molecule has 0 aromatic carbocycles. The lowest BCUT2D eigenvalue weighted by Crippen LogP contribution is -2.35. The van der Waals surface area contributed by atoms with Crippen LogP contribution >= 0.6 is 0 Å². The summed E-state index contributed by atoms with van der Waals surface area (Å²) in [6.07, 6.45) is 0. The third-order valence-electron chi connectivity index (χ3n) is 3.55. The van der Waals surface area contributed by atoms with Gasteiger partial charge in [0.15, 0.2) is 0 Å². The Morgan fingerprint density at radius 3 is 1.18 bits per heavy atom. The standard InChI is InChI=1S/C11H23/c1-8(2)11(7,9(3)4)10(5)6/h8-10H,1H2,2-7H3. The zero-order valence-corrected chi connectivity index (χ0v) is 8.94. The molecule has 0 fully saturated rings. The predicted octanol–water partition coefficient (Wildman–Crippen LogP) is 3.77. The Bertz CT molecular complexity index is 87.4. The molecule has 67 valence electrons. The molecule has 0 bridgehead atoms. The van der Waals surface area contributed by atoms with Crippen molar-refractivity contribution in [1.82, 2.24) is 0 Å². The molecule has 0 nitrogen and oxygen atoms in total. The van der Waals surface area contributed by atoms with E-state index < -0.39 is 0 Å². The van der Waals surface area contributed by atoms with Crippen LogP contribution in [0.15, 0.2) is 0 Å². The monoisotopic (exact) mass is 155 g/mol. The van der Waals surface area contributed by atoms with Crippen molar-refractivity contribution in [2.45, 2.75) is 41.5 Å². The van der Waals surface area contributed by atoms with E-state index in [0.29, 0.717) is 11.3 Å². The van der Waals surface area contributed by atoms with Gasteiger partial charge in [-0.2, -0.15) is 0 Å². The lowest BCUT2D eigenvalue weighted by Gasteiger charge is -2.41. The summed E-state index contributed by atoms with van der Waals surface area (Å²) in [5.41, 5.74) is 0.389. The summed E-state index contributed by atoms with van der Waals surface area (Å²) in [5.74, 6) is 1.97. The molecule has 0 aliphatic heterocycles. The highest BCUT2D eigenvalue weighted by Crippen LogP contribution is 2.41. The Hall–Kier alpha value is 0. The maximum absolute atomic E-state index is 4.15. The first-order valence-corrected chi connectivity index (χ1v) is 4.66. The zero-order valence-electron chi connectivity index (χ0n) is 8.94. The smallest absolute Gasteiger partial charge is 0.0254 e. The number of hydrogen-bond acceptors (Lipinski definition) is 0. The molecule has 0 heterocycles. The highest BCUT2D eigenvalue weighted by molar-refractivity contribution is 4.86. The molecule has 0 aromatic heterocycles. The van der Waals surface area contributed by atoms with Crippen LogP contribution in [0.25, 0.3) is 0 Å². The van der Waals surface area contributed by atoms with E-state index >= 15 is 0 Å². The van der Waals surface area contributed by atoms with E-state index in [2.05, 4.69) is 48.5 Å². The summed E-state index contributed by atoms with van der Waals surface area (Å²) in [5, 5.41) is 0. The van der Waals surface area contributed by atoms with Gasteiger partial charge in [-0.3, -0.25) is 0 Å². The van der Waals surface area contributed by atoms with Crippen molar-refractivity contribution in [3.05, 3.63) is 6.92 Å². The highest BCUT2D eigenvalue weighted by Gasteiger charge is 2.34. The lowest BCUT2D eigenvalue weighted by atomic mass is 9.64. The van der Waals surface area contributed by atoms with Crippen molar-refractivity contribution in [2.75, 3.05) is 0 Å². The van der Waals surface area contributed by atoms with Crippen LogP contribution in [0.1, 0.15) is 41.5 Å². The van der Waals surface area contributed by atoms with Gasteiger partial charge in [0.25, 0.3) is 0 Å². The maximum atomic E-state index is 4.15. The van der Waals surface area contributed by atoms with E-state index in [1.165, 1.54) is 0 Å². The minimum Gasteiger partial charge on any atom is -0.0622 e. The lowest BCUT2D eigenvalue weighted by molar-refractivity contribution is 0.0868. The van der Waals surface area contributed by atoms with Crippen molar-refractivity contribution in [1.29, 1.82) is 0 Å². The topological polar surface area (TPSA) is 0 Å². The summed E-state index contributed by atoms with van der Waals surface area (Å²) >= 11 is 0. The van der Waals surface area contributed by atoms with Gasteiger partial charge in [-0.25, -0.2) is 0 Å². The first-order chi connectivity index (χ1) is 4.83. The minimum absolute atomic E-state index is 0.389. The number of hydrogen-bond donors (Lipinski definition) is 0. The molecule has 1 unspecified atom stereocenters. The fourth-order valence-electron chi connectivity index (χ4n) is 1.80. The highest BCUT2D eigenvalue weighted by atomic mass is 14.4. The van der Waals surface area contributed by atoms with Crippen LogP contribution in [0.5, 0.6) is 0 Å². The van der Waals surface area contributed by atoms with E-state index in [0.717, 1.165) is 11.8 Å². The van der Waals surface area contributed by atoms with Crippen molar-refractivity contribution in [3.63, 3.8) is 0 Å². The quantitative estimate of drug-likeness (QED) is 0.582. The van der Waals surface area contributed by atoms with Crippen molar-refractivity contribution in [3.8, 4) is 0 Å². The molecule has 1 atom stereocenters. The summed E-state index contributed by atoms with van der Waals surface area (Å²) in [6.45, 7) is 17.9. The van der Waals surface area contributed by atoms with E-state index in [1.807, 2.05) is 0 Å². The van der Waals surface area contributed by atoms with Crippen molar-refractivity contribution >= 4 is 0 Å². The molecule has 0 N–H and O–H groups in total. The van der Waals surface area contributed by atoms with Gasteiger partial charge in [-0.05, 0) is 30.1 Å². The Morgan fingerprint density at radius 2 is 1.18 bits per heavy atom. The third-order valence-corrected chi connectivity index (χ3v) is 3.55. The van der Waals surface area contributed by atoms with Crippen LogP contribution in [-0.2, 0) is 0 Å². The first kappa shape index (κ1) is 11.0. The van der Waals surface area contributed by atoms with Gasteiger partial charge in [0.2, 0.25) is 0 Å². The molecule has 0 heteroatoms. The molecule has 0 rings (SSSR count). The van der Waals surface area contributed by atoms with Crippen molar-refractivity contribution < 1.29 is 0 Å². The van der Waals surface area contributed by atoms with Gasteiger partial charge in [0.1, 0.15) is 0 Å². The SMILES string of the molecule is [CH2]C(C)C(C)(C(C)C)C(C)C.